The summed E-state index contributed by atoms with van der Waals surface area (Å²) in [7, 11) is -2.40. The van der Waals surface area contributed by atoms with Crippen molar-refractivity contribution in [3.63, 3.8) is 0 Å². The predicted octanol–water partition coefficient (Wildman–Crippen LogP) is 2.67. The summed E-state index contributed by atoms with van der Waals surface area (Å²) in [5.41, 5.74) is 0. The second-order valence-corrected chi connectivity index (χ2v) is 7.58. The lowest BCUT2D eigenvalue weighted by atomic mass is 10.6. The third-order valence-corrected chi connectivity index (χ3v) is 7.07. The standard InChI is InChI=1S/C9H22O3SSi/c1-5-9-13-14(10-6-2,11-7-3)12-8-4/h5-9H2,1-4H3. The molecular formula is C9H22O3SSi. The molecule has 0 aliphatic heterocycles. The van der Waals surface area contributed by atoms with Gasteiger partial charge in [0.1, 0.15) is 0 Å². The SMILES string of the molecule is CCCS[Si](OCC)(OCC)OCC. The van der Waals surface area contributed by atoms with E-state index in [1.165, 1.54) is 0 Å². The van der Waals surface area contributed by atoms with Crippen LogP contribution in [0.15, 0.2) is 0 Å². The molecule has 0 rings (SSSR count). The first-order chi connectivity index (χ1) is 6.74. The summed E-state index contributed by atoms with van der Waals surface area (Å²) >= 11 is 1.71. The van der Waals surface area contributed by atoms with Crippen molar-refractivity contribution in [1.29, 1.82) is 0 Å². The average molecular weight is 238 g/mol. The van der Waals surface area contributed by atoms with Crippen LogP contribution in [-0.4, -0.2) is 33.5 Å². The van der Waals surface area contributed by atoms with Gasteiger partial charge in [0.2, 0.25) is 0 Å². The Hall–Kier alpha value is 0.447. The molecule has 0 saturated carbocycles. The minimum atomic E-state index is -2.40. The Morgan fingerprint density at radius 3 is 1.57 bits per heavy atom. The van der Waals surface area contributed by atoms with Crippen LogP contribution in [0.2, 0.25) is 0 Å². The van der Waals surface area contributed by atoms with Crippen molar-refractivity contribution in [3.8, 4) is 0 Å². The van der Waals surface area contributed by atoms with Gasteiger partial charge in [0, 0.05) is 19.8 Å². The van der Waals surface area contributed by atoms with E-state index in [4.69, 9.17) is 13.3 Å². The van der Waals surface area contributed by atoms with Crippen LogP contribution in [0.3, 0.4) is 0 Å². The van der Waals surface area contributed by atoms with Crippen molar-refractivity contribution in [3.05, 3.63) is 0 Å². The fourth-order valence-electron chi connectivity index (χ4n) is 1.01. The van der Waals surface area contributed by atoms with Gasteiger partial charge in [-0.3, -0.25) is 0 Å². The maximum Gasteiger partial charge on any atom is 0.573 e. The molecule has 0 atom stereocenters. The summed E-state index contributed by atoms with van der Waals surface area (Å²) in [6, 6.07) is 0. The lowest BCUT2D eigenvalue weighted by Crippen LogP contribution is -2.43. The van der Waals surface area contributed by atoms with E-state index in [0.29, 0.717) is 19.8 Å². The zero-order valence-electron chi connectivity index (χ0n) is 9.67. The molecule has 0 aromatic rings. The topological polar surface area (TPSA) is 27.7 Å². The van der Waals surface area contributed by atoms with Crippen LogP contribution in [0.1, 0.15) is 34.1 Å². The zero-order chi connectivity index (χ0) is 10.9. The molecule has 0 aliphatic carbocycles. The molecule has 0 unspecified atom stereocenters. The third kappa shape index (κ3) is 5.36. The molecule has 0 amide bonds. The van der Waals surface area contributed by atoms with Crippen LogP contribution in [-0.2, 0) is 13.3 Å². The van der Waals surface area contributed by atoms with Crippen LogP contribution in [0.4, 0.5) is 0 Å². The van der Waals surface area contributed by atoms with Gasteiger partial charge in [-0.2, -0.15) is 0 Å². The Labute approximate surface area is 92.5 Å². The van der Waals surface area contributed by atoms with Gasteiger partial charge in [0.25, 0.3) is 0 Å². The maximum atomic E-state index is 5.67. The van der Waals surface area contributed by atoms with Crippen molar-refractivity contribution in [2.24, 2.45) is 0 Å². The zero-order valence-corrected chi connectivity index (χ0v) is 11.5. The van der Waals surface area contributed by atoms with E-state index in [1.807, 2.05) is 20.8 Å². The summed E-state index contributed by atoms with van der Waals surface area (Å²) in [6.07, 6.45) is 1.12. The molecule has 0 heterocycles. The van der Waals surface area contributed by atoms with E-state index in [1.54, 1.807) is 11.2 Å². The van der Waals surface area contributed by atoms with E-state index < -0.39 is 7.95 Å². The van der Waals surface area contributed by atoms with Gasteiger partial charge < -0.3 is 13.3 Å². The van der Waals surface area contributed by atoms with Crippen LogP contribution in [0.5, 0.6) is 0 Å². The fourth-order valence-corrected chi connectivity index (χ4v) is 6.20. The molecule has 0 N–H and O–H groups in total. The Bertz CT molecular complexity index is 118. The number of hydrogen-bond acceptors (Lipinski definition) is 4. The van der Waals surface area contributed by atoms with Gasteiger partial charge in [-0.25, -0.2) is 0 Å². The molecule has 0 saturated heterocycles. The summed E-state index contributed by atoms with van der Waals surface area (Å²) < 4.78 is 17.0. The molecule has 0 radical (unpaired) electrons. The average Bonchev–Trinajstić information content (AvgIpc) is 2.16. The van der Waals surface area contributed by atoms with E-state index in [-0.39, 0.29) is 0 Å². The van der Waals surface area contributed by atoms with Gasteiger partial charge in [-0.05, 0) is 32.9 Å². The van der Waals surface area contributed by atoms with E-state index in [2.05, 4.69) is 6.92 Å². The highest BCUT2D eigenvalue weighted by atomic mass is 32.4. The molecule has 0 aliphatic rings. The first-order valence-corrected chi connectivity index (χ1v) is 8.73. The number of rotatable bonds is 9. The minimum Gasteiger partial charge on any atom is -0.366 e. The van der Waals surface area contributed by atoms with Crippen molar-refractivity contribution in [2.45, 2.75) is 34.1 Å². The highest BCUT2D eigenvalue weighted by Gasteiger charge is 2.41. The molecule has 0 spiro atoms. The Morgan fingerprint density at radius 1 is 0.857 bits per heavy atom. The van der Waals surface area contributed by atoms with Gasteiger partial charge in [-0.1, -0.05) is 18.1 Å². The lowest BCUT2D eigenvalue weighted by molar-refractivity contribution is 0.0966. The first-order valence-electron chi connectivity index (χ1n) is 5.30. The molecule has 3 nitrogen and oxygen atoms in total. The largest absolute Gasteiger partial charge is 0.573 e. The normalized spacial score (nSPS) is 12.0. The van der Waals surface area contributed by atoms with Gasteiger partial charge in [-0.15, -0.1) is 0 Å². The van der Waals surface area contributed by atoms with Crippen molar-refractivity contribution < 1.29 is 13.3 Å². The molecule has 0 bridgehead atoms. The monoisotopic (exact) mass is 238 g/mol. The van der Waals surface area contributed by atoms with E-state index in [9.17, 15) is 0 Å². The summed E-state index contributed by atoms with van der Waals surface area (Å²) in [5.74, 6) is 1.03. The third-order valence-electron chi connectivity index (χ3n) is 1.45. The summed E-state index contributed by atoms with van der Waals surface area (Å²) in [5, 5.41) is 0. The molecule has 0 aromatic carbocycles. The fraction of sp³-hybridized carbons (Fsp3) is 1.00. The second-order valence-electron chi connectivity index (χ2n) is 2.65. The van der Waals surface area contributed by atoms with Crippen molar-refractivity contribution >= 4 is 19.2 Å². The Kier molecular flexibility index (Phi) is 9.01. The van der Waals surface area contributed by atoms with Gasteiger partial charge in [0.05, 0.1) is 0 Å². The van der Waals surface area contributed by atoms with Crippen molar-refractivity contribution in [1.82, 2.24) is 0 Å². The quantitative estimate of drug-likeness (QED) is 0.577. The van der Waals surface area contributed by atoms with E-state index in [0.717, 1.165) is 12.2 Å². The molecule has 86 valence electrons. The highest BCUT2D eigenvalue weighted by molar-refractivity contribution is 8.26. The second kappa shape index (κ2) is 8.73. The van der Waals surface area contributed by atoms with Crippen molar-refractivity contribution in [2.75, 3.05) is 25.6 Å². The molecule has 5 heteroatoms. The van der Waals surface area contributed by atoms with Crippen LogP contribution in [0, 0.1) is 0 Å². The van der Waals surface area contributed by atoms with E-state index >= 15 is 0 Å². The number of hydrogen-bond donors (Lipinski definition) is 0. The van der Waals surface area contributed by atoms with Gasteiger partial charge >= 0.3 is 7.95 Å². The van der Waals surface area contributed by atoms with Crippen LogP contribution in [0.25, 0.3) is 0 Å². The molecule has 0 aromatic heterocycles. The van der Waals surface area contributed by atoms with Crippen LogP contribution < -0.4 is 0 Å². The molecular weight excluding hydrogens is 216 g/mol. The Morgan fingerprint density at radius 2 is 1.29 bits per heavy atom. The van der Waals surface area contributed by atoms with Crippen LogP contribution >= 0.6 is 11.2 Å². The molecule has 14 heavy (non-hydrogen) atoms. The highest BCUT2D eigenvalue weighted by Crippen LogP contribution is 2.25. The predicted molar refractivity (Wildman–Crippen MR) is 63.4 cm³/mol. The molecule has 0 fully saturated rings. The summed E-state index contributed by atoms with van der Waals surface area (Å²) in [4.78, 5) is 0. The first kappa shape index (κ1) is 14.4. The summed E-state index contributed by atoms with van der Waals surface area (Å²) in [6.45, 7) is 10.1. The van der Waals surface area contributed by atoms with Gasteiger partial charge in [0.15, 0.2) is 0 Å². The maximum absolute atomic E-state index is 5.67. The minimum absolute atomic E-state index is 0.656. The lowest BCUT2D eigenvalue weighted by Gasteiger charge is -2.26. The smallest absolute Gasteiger partial charge is 0.366 e. The Balaban J connectivity index is 4.21.